The average molecular weight is 413 g/mol. The Morgan fingerprint density at radius 3 is 1.81 bits per heavy atom. The Labute approximate surface area is 190 Å². The molecule has 2 spiro atoms. The first-order valence-corrected chi connectivity index (χ1v) is 12.5. The van der Waals surface area contributed by atoms with E-state index in [2.05, 4.69) is 85.0 Å². The highest BCUT2D eigenvalue weighted by atomic mass is 14.6. The Hall–Kier alpha value is -2.86. The first-order chi connectivity index (χ1) is 15.8. The molecule has 2 fully saturated rings. The van der Waals surface area contributed by atoms with E-state index in [0.717, 1.165) is 0 Å². The van der Waals surface area contributed by atoms with E-state index >= 15 is 0 Å². The summed E-state index contributed by atoms with van der Waals surface area (Å²) >= 11 is 0. The van der Waals surface area contributed by atoms with Gasteiger partial charge in [-0.1, -0.05) is 85.0 Å². The van der Waals surface area contributed by atoms with Crippen molar-refractivity contribution in [2.75, 3.05) is 0 Å². The fourth-order valence-electron chi connectivity index (χ4n) is 7.34. The van der Waals surface area contributed by atoms with Crippen LogP contribution in [-0.2, 0) is 10.8 Å². The smallest absolute Gasteiger partial charge is 0.0210 e. The van der Waals surface area contributed by atoms with Gasteiger partial charge in [0.05, 0.1) is 0 Å². The molecule has 0 aromatic heterocycles. The molecule has 5 aliphatic rings. The standard InChI is InChI=1S/C32H28/c1-2-6-25-21(5-1)9-10-22(25)11-12-23-13-14-24-19-29-30(20-26(23)24)32(17-18-32)28-8-4-3-7-27(28)31(29)15-16-31/h1-10,13-14,19-20,22-23H,11-12,15-18H2. The molecule has 8 rings (SSSR count). The van der Waals surface area contributed by atoms with Crippen LogP contribution in [-0.4, -0.2) is 0 Å². The summed E-state index contributed by atoms with van der Waals surface area (Å²) < 4.78 is 0. The van der Waals surface area contributed by atoms with Gasteiger partial charge in [-0.05, 0) is 83.0 Å². The van der Waals surface area contributed by atoms with E-state index in [1.807, 2.05) is 0 Å². The predicted molar refractivity (Wildman–Crippen MR) is 132 cm³/mol. The molecule has 2 saturated carbocycles. The van der Waals surface area contributed by atoms with Gasteiger partial charge in [0.1, 0.15) is 0 Å². The maximum atomic E-state index is 2.66. The predicted octanol–water partition coefficient (Wildman–Crippen LogP) is 7.86. The molecule has 5 aliphatic carbocycles. The van der Waals surface area contributed by atoms with Gasteiger partial charge in [0.15, 0.2) is 0 Å². The van der Waals surface area contributed by atoms with Gasteiger partial charge in [0.2, 0.25) is 0 Å². The minimum Gasteiger partial charge on any atom is -0.0764 e. The Kier molecular flexibility index (Phi) is 3.27. The molecular weight excluding hydrogens is 384 g/mol. The van der Waals surface area contributed by atoms with Crippen molar-refractivity contribution in [3.63, 3.8) is 0 Å². The summed E-state index contributed by atoms with van der Waals surface area (Å²) in [5.74, 6) is 1.15. The van der Waals surface area contributed by atoms with E-state index in [9.17, 15) is 0 Å². The van der Waals surface area contributed by atoms with Gasteiger partial charge in [0.25, 0.3) is 0 Å². The summed E-state index contributed by atoms with van der Waals surface area (Å²) in [5.41, 5.74) is 13.3. The molecule has 0 amide bonds. The second-order valence-corrected chi connectivity index (χ2v) is 10.9. The minimum absolute atomic E-state index is 0.315. The van der Waals surface area contributed by atoms with E-state index < -0.39 is 0 Å². The summed E-state index contributed by atoms with van der Waals surface area (Å²) in [6.07, 6.45) is 17.4. The number of hydrogen-bond donors (Lipinski definition) is 0. The number of fused-ring (bicyclic) bond motifs is 8. The van der Waals surface area contributed by atoms with E-state index in [1.165, 1.54) is 55.2 Å². The SMILES string of the molecule is C1=CC(CCC2C=Cc3cc4c(cc32)C2(CC2)c2ccccc2C42CC2)c2ccccc21. The summed E-state index contributed by atoms with van der Waals surface area (Å²) in [6.45, 7) is 0. The third kappa shape index (κ3) is 2.18. The van der Waals surface area contributed by atoms with Gasteiger partial charge in [-0.25, -0.2) is 0 Å². The molecule has 0 aliphatic heterocycles. The minimum atomic E-state index is 0.315. The topological polar surface area (TPSA) is 0 Å². The molecule has 2 unspecified atom stereocenters. The van der Waals surface area contributed by atoms with Crippen molar-refractivity contribution in [1.82, 2.24) is 0 Å². The first kappa shape index (κ1) is 17.7. The van der Waals surface area contributed by atoms with Crippen LogP contribution in [0.5, 0.6) is 0 Å². The van der Waals surface area contributed by atoms with Crippen molar-refractivity contribution in [1.29, 1.82) is 0 Å². The van der Waals surface area contributed by atoms with Crippen LogP contribution in [0.4, 0.5) is 0 Å². The summed E-state index contributed by atoms with van der Waals surface area (Å²) in [4.78, 5) is 0. The van der Waals surface area contributed by atoms with Crippen molar-refractivity contribution >= 4 is 12.2 Å². The van der Waals surface area contributed by atoms with Crippen LogP contribution in [0.1, 0.15) is 94.9 Å². The summed E-state index contributed by atoms with van der Waals surface area (Å²) in [5, 5.41) is 0. The highest BCUT2D eigenvalue weighted by Crippen LogP contribution is 2.68. The quantitative estimate of drug-likeness (QED) is 0.411. The lowest BCUT2D eigenvalue weighted by Gasteiger charge is -2.36. The number of allylic oxidation sites excluding steroid dienone is 2. The molecule has 0 bridgehead atoms. The van der Waals surface area contributed by atoms with Gasteiger partial charge in [-0.3, -0.25) is 0 Å². The van der Waals surface area contributed by atoms with Gasteiger partial charge < -0.3 is 0 Å². The molecule has 3 aromatic carbocycles. The van der Waals surface area contributed by atoms with Crippen LogP contribution in [0, 0.1) is 0 Å². The molecule has 0 heteroatoms. The van der Waals surface area contributed by atoms with Crippen molar-refractivity contribution in [3.8, 4) is 0 Å². The molecule has 0 nitrogen and oxygen atoms in total. The zero-order valence-corrected chi connectivity index (χ0v) is 18.5. The largest absolute Gasteiger partial charge is 0.0764 e. The molecule has 156 valence electrons. The van der Waals surface area contributed by atoms with Crippen molar-refractivity contribution in [3.05, 3.63) is 117 Å². The Bertz CT molecular complexity index is 1340. The van der Waals surface area contributed by atoms with Crippen molar-refractivity contribution < 1.29 is 0 Å². The lowest BCUT2D eigenvalue weighted by Crippen LogP contribution is -2.28. The normalized spacial score (nSPS) is 25.5. The molecule has 0 saturated heterocycles. The molecule has 32 heavy (non-hydrogen) atoms. The summed E-state index contributed by atoms with van der Waals surface area (Å²) in [7, 11) is 0. The van der Waals surface area contributed by atoms with E-state index in [1.54, 1.807) is 27.8 Å². The van der Waals surface area contributed by atoms with Crippen LogP contribution in [0.2, 0.25) is 0 Å². The van der Waals surface area contributed by atoms with Crippen LogP contribution >= 0.6 is 0 Å². The monoisotopic (exact) mass is 412 g/mol. The Morgan fingerprint density at radius 1 is 0.562 bits per heavy atom. The molecule has 0 heterocycles. The Balaban J connectivity index is 1.16. The number of rotatable bonds is 3. The fourth-order valence-corrected chi connectivity index (χ4v) is 7.34. The lowest BCUT2D eigenvalue weighted by molar-refractivity contribution is 0.638. The van der Waals surface area contributed by atoms with E-state index in [-0.39, 0.29) is 0 Å². The third-order valence-corrected chi connectivity index (χ3v) is 9.31. The number of benzene rings is 3. The molecular formula is C32H28. The van der Waals surface area contributed by atoms with Gasteiger partial charge in [-0.2, -0.15) is 0 Å². The van der Waals surface area contributed by atoms with Crippen LogP contribution < -0.4 is 0 Å². The van der Waals surface area contributed by atoms with Gasteiger partial charge in [0, 0.05) is 22.7 Å². The molecule has 0 radical (unpaired) electrons. The second-order valence-electron chi connectivity index (χ2n) is 10.9. The second kappa shape index (κ2) is 5.93. The zero-order chi connectivity index (χ0) is 20.9. The molecule has 3 aromatic rings. The van der Waals surface area contributed by atoms with Crippen molar-refractivity contribution in [2.45, 2.75) is 61.2 Å². The van der Waals surface area contributed by atoms with E-state index in [4.69, 9.17) is 0 Å². The third-order valence-electron chi connectivity index (χ3n) is 9.31. The molecule has 0 N–H and O–H groups in total. The Morgan fingerprint density at radius 2 is 1.12 bits per heavy atom. The highest BCUT2D eigenvalue weighted by Gasteiger charge is 2.60. The first-order valence-electron chi connectivity index (χ1n) is 12.5. The number of hydrogen-bond acceptors (Lipinski definition) is 0. The average Bonchev–Trinajstić information content (AvgIpc) is 3.74. The maximum Gasteiger partial charge on any atom is 0.0210 e. The van der Waals surface area contributed by atoms with Crippen molar-refractivity contribution in [2.24, 2.45) is 0 Å². The van der Waals surface area contributed by atoms with E-state index in [0.29, 0.717) is 22.7 Å². The maximum absolute atomic E-state index is 2.66. The molecule has 2 atom stereocenters. The van der Waals surface area contributed by atoms with Crippen LogP contribution in [0.25, 0.3) is 12.2 Å². The highest BCUT2D eigenvalue weighted by molar-refractivity contribution is 5.72. The fraction of sp³-hybridized carbons (Fsp3) is 0.312. The van der Waals surface area contributed by atoms with Crippen LogP contribution in [0.15, 0.2) is 72.8 Å². The summed E-state index contributed by atoms with van der Waals surface area (Å²) in [6, 6.07) is 23.6. The zero-order valence-electron chi connectivity index (χ0n) is 18.5. The van der Waals surface area contributed by atoms with Crippen LogP contribution in [0.3, 0.4) is 0 Å². The lowest BCUT2D eigenvalue weighted by atomic mass is 9.67. The van der Waals surface area contributed by atoms with Gasteiger partial charge in [-0.15, -0.1) is 0 Å². The van der Waals surface area contributed by atoms with Gasteiger partial charge >= 0.3 is 0 Å².